The molecule has 2 aromatic carbocycles. The van der Waals surface area contributed by atoms with Crippen molar-refractivity contribution in [2.75, 3.05) is 27.3 Å². The second-order valence-electron chi connectivity index (χ2n) is 7.22. The quantitative estimate of drug-likeness (QED) is 0.714. The van der Waals surface area contributed by atoms with E-state index in [9.17, 15) is 0 Å². The summed E-state index contributed by atoms with van der Waals surface area (Å²) in [5.74, 6) is 2.17. The maximum absolute atomic E-state index is 5.50. The van der Waals surface area contributed by atoms with Crippen LogP contribution in [0.2, 0.25) is 0 Å². The molecule has 0 bridgehead atoms. The van der Waals surface area contributed by atoms with Gasteiger partial charge in [-0.1, -0.05) is 13.0 Å². The van der Waals surface area contributed by atoms with Gasteiger partial charge in [0.15, 0.2) is 11.5 Å². The van der Waals surface area contributed by atoms with Crippen LogP contribution >= 0.6 is 0 Å². The maximum Gasteiger partial charge on any atom is 0.162 e. The van der Waals surface area contributed by atoms with Crippen molar-refractivity contribution < 1.29 is 9.47 Å². The van der Waals surface area contributed by atoms with Crippen molar-refractivity contribution in [1.82, 2.24) is 9.88 Å². The van der Waals surface area contributed by atoms with Gasteiger partial charge < -0.3 is 19.4 Å². The molecule has 2 heterocycles. The Balaban J connectivity index is 1.80. The van der Waals surface area contributed by atoms with Crippen molar-refractivity contribution in [3.8, 4) is 17.2 Å². The third kappa shape index (κ3) is 3.30. The molecular weight excluding hydrogens is 336 g/mol. The van der Waals surface area contributed by atoms with Gasteiger partial charge in [0.1, 0.15) is 0 Å². The summed E-state index contributed by atoms with van der Waals surface area (Å²) in [6, 6.07) is 13.1. The summed E-state index contributed by atoms with van der Waals surface area (Å²) in [5, 5.41) is 4.83. The normalized spacial score (nSPS) is 15.2. The SMILES string of the molecule is CCc1cn(-c2ccc(OC)c(OC)c2)c2ccc(C3CCNCC3)cc12. The predicted octanol–water partition coefficient (Wildman–Crippen LogP) is 4.68. The Morgan fingerprint density at radius 1 is 1.00 bits per heavy atom. The number of rotatable bonds is 5. The molecule has 1 aliphatic heterocycles. The molecule has 0 spiro atoms. The molecule has 0 saturated carbocycles. The Morgan fingerprint density at radius 3 is 2.48 bits per heavy atom. The number of fused-ring (bicyclic) bond motifs is 1. The largest absolute Gasteiger partial charge is 0.493 e. The summed E-state index contributed by atoms with van der Waals surface area (Å²) in [5.41, 5.74) is 5.20. The molecule has 1 aromatic heterocycles. The van der Waals surface area contributed by atoms with Gasteiger partial charge in [-0.25, -0.2) is 0 Å². The second-order valence-corrected chi connectivity index (χ2v) is 7.22. The van der Waals surface area contributed by atoms with E-state index in [1.807, 2.05) is 12.1 Å². The Labute approximate surface area is 161 Å². The number of benzene rings is 2. The Bertz CT molecular complexity index is 939. The van der Waals surface area contributed by atoms with E-state index in [1.165, 1.54) is 34.9 Å². The van der Waals surface area contributed by atoms with Crippen molar-refractivity contribution in [2.45, 2.75) is 32.1 Å². The fourth-order valence-corrected chi connectivity index (χ4v) is 4.20. The van der Waals surface area contributed by atoms with Gasteiger partial charge in [0, 0.05) is 23.3 Å². The highest BCUT2D eigenvalue weighted by Crippen LogP contribution is 2.34. The van der Waals surface area contributed by atoms with Gasteiger partial charge in [-0.3, -0.25) is 0 Å². The van der Waals surface area contributed by atoms with Crippen molar-refractivity contribution in [2.24, 2.45) is 0 Å². The van der Waals surface area contributed by atoms with Crippen LogP contribution in [0.25, 0.3) is 16.6 Å². The molecule has 27 heavy (non-hydrogen) atoms. The summed E-state index contributed by atoms with van der Waals surface area (Å²) < 4.78 is 13.1. The number of nitrogens with zero attached hydrogens (tertiary/aromatic N) is 1. The first kappa shape index (κ1) is 17.9. The molecule has 0 atom stereocenters. The first-order chi connectivity index (χ1) is 13.2. The highest BCUT2D eigenvalue weighted by Gasteiger charge is 2.18. The second kappa shape index (κ2) is 7.65. The van der Waals surface area contributed by atoms with E-state index in [0.29, 0.717) is 5.92 Å². The molecule has 142 valence electrons. The smallest absolute Gasteiger partial charge is 0.162 e. The lowest BCUT2D eigenvalue weighted by Gasteiger charge is -2.23. The van der Waals surface area contributed by atoms with Crippen molar-refractivity contribution in [3.05, 3.63) is 53.7 Å². The third-order valence-corrected chi connectivity index (χ3v) is 5.75. The van der Waals surface area contributed by atoms with E-state index in [4.69, 9.17) is 9.47 Å². The Hall–Kier alpha value is -2.46. The third-order valence-electron chi connectivity index (χ3n) is 5.75. The van der Waals surface area contributed by atoms with E-state index in [-0.39, 0.29) is 0 Å². The fourth-order valence-electron chi connectivity index (χ4n) is 4.20. The highest BCUT2D eigenvalue weighted by atomic mass is 16.5. The van der Waals surface area contributed by atoms with Crippen LogP contribution in [0.5, 0.6) is 11.5 Å². The standard InChI is InChI=1S/C23H28N2O2/c1-4-16-15-25(19-6-8-22(26-2)23(14-19)27-3)21-7-5-18(13-20(16)21)17-9-11-24-12-10-17/h5-8,13-15,17,24H,4,9-12H2,1-3H3. The number of hydrogen-bond acceptors (Lipinski definition) is 3. The van der Waals surface area contributed by atoms with Gasteiger partial charge in [0.25, 0.3) is 0 Å². The molecule has 0 aliphatic carbocycles. The minimum atomic E-state index is 0.671. The summed E-state index contributed by atoms with van der Waals surface area (Å²) in [6.45, 7) is 4.47. The van der Waals surface area contributed by atoms with E-state index < -0.39 is 0 Å². The lowest BCUT2D eigenvalue weighted by Crippen LogP contribution is -2.26. The van der Waals surface area contributed by atoms with E-state index in [2.05, 4.69) is 47.3 Å². The zero-order valence-corrected chi connectivity index (χ0v) is 16.4. The van der Waals surface area contributed by atoms with Crippen LogP contribution in [0.1, 0.15) is 36.8 Å². The van der Waals surface area contributed by atoms with Crippen LogP contribution < -0.4 is 14.8 Å². The first-order valence-corrected chi connectivity index (χ1v) is 9.82. The molecule has 3 aromatic rings. The number of aryl methyl sites for hydroxylation is 1. The zero-order chi connectivity index (χ0) is 18.8. The molecule has 4 heteroatoms. The van der Waals surface area contributed by atoms with Crippen molar-refractivity contribution in [1.29, 1.82) is 0 Å². The summed E-state index contributed by atoms with van der Waals surface area (Å²) in [4.78, 5) is 0. The topological polar surface area (TPSA) is 35.4 Å². The van der Waals surface area contributed by atoms with E-state index >= 15 is 0 Å². The molecule has 0 unspecified atom stereocenters. The minimum Gasteiger partial charge on any atom is -0.493 e. The van der Waals surface area contributed by atoms with Crippen LogP contribution in [0.3, 0.4) is 0 Å². The number of hydrogen-bond donors (Lipinski definition) is 1. The number of methoxy groups -OCH3 is 2. The molecule has 1 N–H and O–H groups in total. The van der Waals surface area contributed by atoms with Gasteiger partial charge in [-0.15, -0.1) is 0 Å². The number of nitrogens with one attached hydrogen (secondary N) is 1. The molecule has 4 nitrogen and oxygen atoms in total. The van der Waals surface area contributed by atoms with Crippen LogP contribution in [-0.4, -0.2) is 31.9 Å². The molecule has 4 rings (SSSR count). The molecule has 1 aliphatic rings. The summed E-state index contributed by atoms with van der Waals surface area (Å²) in [6.07, 6.45) is 5.73. The number of aromatic nitrogens is 1. The molecule has 1 fully saturated rings. The molecule has 1 saturated heterocycles. The van der Waals surface area contributed by atoms with E-state index in [0.717, 1.165) is 36.7 Å². The van der Waals surface area contributed by atoms with Crippen LogP contribution in [-0.2, 0) is 6.42 Å². The highest BCUT2D eigenvalue weighted by molar-refractivity contribution is 5.86. The summed E-state index contributed by atoms with van der Waals surface area (Å²) >= 11 is 0. The molecular formula is C23H28N2O2. The van der Waals surface area contributed by atoms with Crippen LogP contribution in [0.15, 0.2) is 42.6 Å². The monoisotopic (exact) mass is 364 g/mol. The van der Waals surface area contributed by atoms with Gasteiger partial charge >= 0.3 is 0 Å². The maximum atomic E-state index is 5.50. The average molecular weight is 364 g/mol. The van der Waals surface area contributed by atoms with Crippen molar-refractivity contribution >= 4 is 10.9 Å². The average Bonchev–Trinajstić information content (AvgIpc) is 3.11. The zero-order valence-electron chi connectivity index (χ0n) is 16.4. The molecule has 0 amide bonds. The first-order valence-electron chi connectivity index (χ1n) is 9.82. The van der Waals surface area contributed by atoms with Crippen LogP contribution in [0, 0.1) is 0 Å². The lowest BCUT2D eigenvalue weighted by atomic mass is 9.89. The predicted molar refractivity (Wildman–Crippen MR) is 111 cm³/mol. The minimum absolute atomic E-state index is 0.671. The fraction of sp³-hybridized carbons (Fsp3) is 0.391. The summed E-state index contributed by atoms with van der Waals surface area (Å²) in [7, 11) is 3.35. The Kier molecular flexibility index (Phi) is 5.08. The van der Waals surface area contributed by atoms with E-state index in [1.54, 1.807) is 14.2 Å². The number of ether oxygens (including phenoxy) is 2. The number of piperidine rings is 1. The van der Waals surface area contributed by atoms with Gasteiger partial charge in [-0.05, 0) is 73.7 Å². The lowest BCUT2D eigenvalue weighted by molar-refractivity contribution is 0.355. The van der Waals surface area contributed by atoms with Crippen LogP contribution in [0.4, 0.5) is 0 Å². The Morgan fingerprint density at radius 2 is 1.78 bits per heavy atom. The van der Waals surface area contributed by atoms with Gasteiger partial charge in [0.2, 0.25) is 0 Å². The van der Waals surface area contributed by atoms with Crippen molar-refractivity contribution in [3.63, 3.8) is 0 Å². The van der Waals surface area contributed by atoms with Gasteiger partial charge in [-0.2, -0.15) is 0 Å². The van der Waals surface area contributed by atoms with Gasteiger partial charge in [0.05, 0.1) is 19.7 Å². The molecule has 0 radical (unpaired) electrons.